The van der Waals surface area contributed by atoms with Crippen LogP contribution in [0.15, 0.2) is 41.1 Å². The Balaban J connectivity index is 1.35. The second kappa shape index (κ2) is 6.71. The maximum atomic E-state index is 6.17. The van der Waals surface area contributed by atoms with Crippen LogP contribution in [0.1, 0.15) is 25.3 Å². The SMILES string of the molecule is CCc1cnc(N2CC3CC(Oc4ccc(Br)cc4)CC3C2)nc1. The van der Waals surface area contributed by atoms with Crippen molar-refractivity contribution in [2.24, 2.45) is 11.8 Å². The molecule has 1 saturated carbocycles. The molecule has 0 spiro atoms. The third-order valence-corrected chi connectivity index (χ3v) is 5.74. The topological polar surface area (TPSA) is 38.2 Å². The standard InChI is InChI=1S/C19H22BrN3O/c1-2-13-9-21-19(22-10-13)23-11-14-7-18(8-15(14)12-23)24-17-5-3-16(20)4-6-17/h3-6,9-10,14-15,18H,2,7-8,11-12H2,1H3. The highest BCUT2D eigenvalue weighted by Crippen LogP contribution is 2.40. The average Bonchev–Trinajstić information content (AvgIpc) is 3.15. The van der Waals surface area contributed by atoms with Gasteiger partial charge in [-0.25, -0.2) is 9.97 Å². The van der Waals surface area contributed by atoms with Crippen LogP contribution in [0, 0.1) is 11.8 Å². The third kappa shape index (κ3) is 3.27. The fourth-order valence-electron chi connectivity index (χ4n) is 3.90. The van der Waals surface area contributed by atoms with E-state index in [9.17, 15) is 0 Å². The van der Waals surface area contributed by atoms with Crippen molar-refractivity contribution in [2.75, 3.05) is 18.0 Å². The second-order valence-corrected chi connectivity index (χ2v) is 7.75. The number of anilines is 1. The summed E-state index contributed by atoms with van der Waals surface area (Å²) < 4.78 is 7.25. The Morgan fingerprint density at radius 2 is 1.71 bits per heavy atom. The molecule has 1 saturated heterocycles. The van der Waals surface area contributed by atoms with Crippen LogP contribution in [-0.4, -0.2) is 29.2 Å². The van der Waals surface area contributed by atoms with Crippen LogP contribution < -0.4 is 9.64 Å². The van der Waals surface area contributed by atoms with Gasteiger partial charge in [0.25, 0.3) is 0 Å². The van der Waals surface area contributed by atoms with Crippen LogP contribution in [0.25, 0.3) is 0 Å². The Hall–Kier alpha value is -1.62. The highest BCUT2D eigenvalue weighted by Gasteiger charge is 2.42. The van der Waals surface area contributed by atoms with Crippen molar-refractivity contribution in [3.8, 4) is 5.75 Å². The maximum absolute atomic E-state index is 6.17. The summed E-state index contributed by atoms with van der Waals surface area (Å²) in [5, 5.41) is 0. The molecule has 126 valence electrons. The van der Waals surface area contributed by atoms with Gasteiger partial charge < -0.3 is 9.64 Å². The number of benzene rings is 1. The Labute approximate surface area is 151 Å². The second-order valence-electron chi connectivity index (χ2n) is 6.84. The van der Waals surface area contributed by atoms with E-state index < -0.39 is 0 Å². The number of hydrogen-bond acceptors (Lipinski definition) is 4. The van der Waals surface area contributed by atoms with Gasteiger partial charge >= 0.3 is 0 Å². The summed E-state index contributed by atoms with van der Waals surface area (Å²) in [7, 11) is 0. The van der Waals surface area contributed by atoms with Gasteiger partial charge in [-0.3, -0.25) is 0 Å². The van der Waals surface area contributed by atoms with E-state index in [1.807, 2.05) is 36.7 Å². The normalized spacial score (nSPS) is 25.8. The molecule has 0 radical (unpaired) electrons. The van der Waals surface area contributed by atoms with Crippen molar-refractivity contribution < 1.29 is 4.74 Å². The number of halogens is 1. The van der Waals surface area contributed by atoms with Crippen LogP contribution in [0.5, 0.6) is 5.75 Å². The number of aryl methyl sites for hydroxylation is 1. The lowest BCUT2D eigenvalue weighted by molar-refractivity contribution is 0.200. The molecule has 0 N–H and O–H groups in total. The molecule has 0 amide bonds. The van der Waals surface area contributed by atoms with E-state index in [-0.39, 0.29) is 0 Å². The van der Waals surface area contributed by atoms with Crippen molar-refractivity contribution >= 4 is 21.9 Å². The van der Waals surface area contributed by atoms with Crippen LogP contribution in [0.4, 0.5) is 5.95 Å². The Morgan fingerprint density at radius 1 is 1.08 bits per heavy atom. The van der Waals surface area contributed by atoms with Crippen LogP contribution in [-0.2, 0) is 6.42 Å². The zero-order chi connectivity index (χ0) is 16.5. The van der Waals surface area contributed by atoms with Gasteiger partial charge in [0.05, 0.1) is 6.10 Å². The summed E-state index contributed by atoms with van der Waals surface area (Å²) in [4.78, 5) is 11.4. The predicted molar refractivity (Wildman–Crippen MR) is 98.4 cm³/mol. The molecule has 1 aromatic carbocycles. The first-order valence-corrected chi connectivity index (χ1v) is 9.48. The third-order valence-electron chi connectivity index (χ3n) is 5.21. The van der Waals surface area contributed by atoms with Gasteiger partial charge in [-0.1, -0.05) is 22.9 Å². The van der Waals surface area contributed by atoms with Gasteiger partial charge in [0.2, 0.25) is 5.95 Å². The van der Waals surface area contributed by atoms with E-state index in [1.165, 1.54) is 5.56 Å². The first kappa shape index (κ1) is 15.9. The van der Waals surface area contributed by atoms with Crippen molar-refractivity contribution in [1.82, 2.24) is 9.97 Å². The first-order valence-electron chi connectivity index (χ1n) is 8.69. The molecule has 2 fully saturated rings. The van der Waals surface area contributed by atoms with Gasteiger partial charge in [-0.05, 0) is 60.9 Å². The molecule has 5 heteroatoms. The number of rotatable bonds is 4. The zero-order valence-corrected chi connectivity index (χ0v) is 15.4. The molecule has 1 aliphatic carbocycles. The minimum Gasteiger partial charge on any atom is -0.490 e. The van der Waals surface area contributed by atoms with E-state index in [0.29, 0.717) is 17.9 Å². The largest absolute Gasteiger partial charge is 0.490 e. The van der Waals surface area contributed by atoms with Gasteiger partial charge in [-0.15, -0.1) is 0 Å². The molecule has 24 heavy (non-hydrogen) atoms. The predicted octanol–water partition coefficient (Wildman–Crippen LogP) is 4.10. The molecule has 1 aliphatic heterocycles. The fraction of sp³-hybridized carbons (Fsp3) is 0.474. The van der Waals surface area contributed by atoms with E-state index in [4.69, 9.17) is 4.74 Å². The van der Waals surface area contributed by atoms with E-state index >= 15 is 0 Å². The van der Waals surface area contributed by atoms with E-state index in [2.05, 4.69) is 37.7 Å². The van der Waals surface area contributed by atoms with Gasteiger partial charge in [-0.2, -0.15) is 0 Å². The fourth-order valence-corrected chi connectivity index (χ4v) is 4.17. The molecule has 0 bridgehead atoms. The highest BCUT2D eigenvalue weighted by molar-refractivity contribution is 9.10. The Kier molecular flexibility index (Phi) is 4.44. The molecule has 2 heterocycles. The molecule has 4 nitrogen and oxygen atoms in total. The Bertz CT molecular complexity index is 675. The van der Waals surface area contributed by atoms with Gasteiger partial charge in [0.15, 0.2) is 0 Å². The summed E-state index contributed by atoms with van der Waals surface area (Å²) in [6, 6.07) is 8.13. The van der Waals surface area contributed by atoms with Gasteiger partial charge in [0, 0.05) is 30.0 Å². The van der Waals surface area contributed by atoms with Crippen molar-refractivity contribution in [1.29, 1.82) is 0 Å². The number of hydrogen-bond donors (Lipinski definition) is 0. The van der Waals surface area contributed by atoms with E-state index in [0.717, 1.165) is 48.5 Å². The lowest BCUT2D eigenvalue weighted by atomic mass is 10.0. The van der Waals surface area contributed by atoms with Crippen molar-refractivity contribution in [3.63, 3.8) is 0 Å². The number of ether oxygens (including phenoxy) is 1. The average molecular weight is 388 g/mol. The lowest BCUT2D eigenvalue weighted by Gasteiger charge is -2.20. The van der Waals surface area contributed by atoms with Crippen LogP contribution >= 0.6 is 15.9 Å². The van der Waals surface area contributed by atoms with Crippen LogP contribution in [0.3, 0.4) is 0 Å². The molecule has 2 unspecified atom stereocenters. The van der Waals surface area contributed by atoms with Crippen LogP contribution in [0.2, 0.25) is 0 Å². The summed E-state index contributed by atoms with van der Waals surface area (Å²) in [6.07, 6.45) is 7.49. The molecule has 2 aliphatic rings. The molecule has 2 atom stereocenters. The van der Waals surface area contributed by atoms with Crippen molar-refractivity contribution in [2.45, 2.75) is 32.3 Å². The highest BCUT2D eigenvalue weighted by atomic mass is 79.9. The minimum atomic E-state index is 0.340. The molecule has 4 rings (SSSR count). The smallest absolute Gasteiger partial charge is 0.225 e. The maximum Gasteiger partial charge on any atom is 0.225 e. The summed E-state index contributed by atoms with van der Waals surface area (Å²) in [6.45, 7) is 4.23. The molecular weight excluding hydrogens is 366 g/mol. The lowest BCUT2D eigenvalue weighted by Crippen LogP contribution is -2.25. The summed E-state index contributed by atoms with van der Waals surface area (Å²) >= 11 is 3.46. The summed E-state index contributed by atoms with van der Waals surface area (Å²) in [5.74, 6) is 3.24. The molecular formula is C19H22BrN3O. The number of fused-ring (bicyclic) bond motifs is 1. The van der Waals surface area contributed by atoms with Gasteiger partial charge in [0.1, 0.15) is 5.75 Å². The molecule has 1 aromatic heterocycles. The minimum absolute atomic E-state index is 0.340. The number of aromatic nitrogens is 2. The van der Waals surface area contributed by atoms with Crippen molar-refractivity contribution in [3.05, 3.63) is 46.7 Å². The zero-order valence-electron chi connectivity index (χ0n) is 13.9. The molecule has 2 aromatic rings. The summed E-state index contributed by atoms with van der Waals surface area (Å²) in [5.41, 5.74) is 1.20. The van der Waals surface area contributed by atoms with E-state index in [1.54, 1.807) is 0 Å². The monoisotopic (exact) mass is 387 g/mol. The number of nitrogens with zero attached hydrogens (tertiary/aromatic N) is 3. The first-order chi connectivity index (χ1) is 11.7. The quantitative estimate of drug-likeness (QED) is 0.791. The Morgan fingerprint density at radius 3 is 2.29 bits per heavy atom.